The van der Waals surface area contributed by atoms with E-state index in [1.165, 1.54) is 6.92 Å². The largest absolute Gasteiger partial charge is 0.492 e. The van der Waals surface area contributed by atoms with Crippen LogP contribution in [0.2, 0.25) is 0 Å². The van der Waals surface area contributed by atoms with Gasteiger partial charge >= 0.3 is 11.9 Å². The van der Waals surface area contributed by atoms with E-state index in [9.17, 15) is 14.4 Å². The second-order valence-corrected chi connectivity index (χ2v) is 11.7. The monoisotopic (exact) mass is 585 g/mol. The molecule has 1 heterocycles. The molecule has 0 aliphatic carbocycles. The molecule has 0 radical (unpaired) electrons. The van der Waals surface area contributed by atoms with E-state index >= 15 is 0 Å². The van der Waals surface area contributed by atoms with Crippen molar-refractivity contribution in [3.8, 4) is 11.5 Å². The molecule has 0 aromatic heterocycles. The van der Waals surface area contributed by atoms with Crippen LogP contribution in [0, 0.1) is 0 Å². The molecule has 232 valence electrons. The second-order valence-electron chi connectivity index (χ2n) is 11.7. The maximum absolute atomic E-state index is 12.6. The molecule has 1 N–H and O–H groups in total. The molecule has 0 saturated carbocycles. The van der Waals surface area contributed by atoms with Gasteiger partial charge in [0.25, 0.3) is 0 Å². The molecule has 2 amide bonds. The van der Waals surface area contributed by atoms with E-state index in [0.717, 1.165) is 24.7 Å². The van der Waals surface area contributed by atoms with Crippen molar-refractivity contribution >= 4 is 23.7 Å². The standard InChI is InChI=1S/C16H24N2O3.C10H15NO.C6H9NO2/c1-13(19)17-16(2,3)15(20)18(4,5)11-12-21-14-9-7-6-8-10-14;1-11(2)8-9-12-10-6-4-3-5-7-10;1-4-7-6(2,3)5(8)9-4/h6-10H,11-12H2,1-5H3;3-7H,8-9H2,1-2H3;1-3H3/p+1. The highest BCUT2D eigenvalue weighted by molar-refractivity contribution is 5.98. The van der Waals surface area contributed by atoms with Crippen LogP contribution in [0.5, 0.6) is 11.5 Å². The van der Waals surface area contributed by atoms with Crippen molar-refractivity contribution in [1.29, 1.82) is 0 Å². The number of nitrogens with one attached hydrogen (secondary N) is 1. The number of carbonyl (C=O) groups excluding carboxylic acids is 3. The molecule has 0 saturated heterocycles. The first kappa shape index (κ1) is 36.3. The minimum absolute atomic E-state index is 0.0608. The quantitative estimate of drug-likeness (QED) is 0.332. The average molecular weight is 586 g/mol. The number of aliphatic imine (C=N–C) groups is 1. The average Bonchev–Trinajstić information content (AvgIpc) is 3.13. The lowest BCUT2D eigenvalue weighted by molar-refractivity contribution is -0.815. The lowest BCUT2D eigenvalue weighted by Crippen LogP contribution is -2.62. The number of cyclic esters (lactones) is 1. The number of quaternary nitrogens is 1. The van der Waals surface area contributed by atoms with E-state index < -0.39 is 11.1 Å². The number of benzene rings is 2. The first-order valence-corrected chi connectivity index (χ1v) is 13.9. The number of para-hydroxylation sites is 2. The molecule has 0 bridgehead atoms. The SMILES string of the molecule is CC(=O)NC(C)(C)C(=O)[N+](C)(C)CCOc1ccccc1.CC1=NC(C)(C)C(=O)O1.CN(C)CCOc1ccccc1. The zero-order valence-electron chi connectivity index (χ0n) is 26.9. The van der Waals surface area contributed by atoms with Crippen LogP contribution in [0.4, 0.5) is 0 Å². The molecule has 2 aromatic carbocycles. The van der Waals surface area contributed by atoms with Crippen molar-refractivity contribution in [2.24, 2.45) is 4.99 Å². The fourth-order valence-corrected chi connectivity index (χ4v) is 3.84. The first-order chi connectivity index (χ1) is 19.5. The fraction of sp³-hybridized carbons (Fsp3) is 0.500. The zero-order valence-corrected chi connectivity index (χ0v) is 26.9. The maximum Gasteiger partial charge on any atom is 0.340 e. The van der Waals surface area contributed by atoms with Gasteiger partial charge in [0.15, 0.2) is 11.4 Å². The van der Waals surface area contributed by atoms with Crippen LogP contribution in [-0.2, 0) is 19.1 Å². The summed E-state index contributed by atoms with van der Waals surface area (Å²) in [5, 5.41) is 2.69. The molecule has 0 atom stereocenters. The number of likely N-dealkylation sites (N-methyl/N-ethyl adjacent to an activating group) is 2. The van der Waals surface area contributed by atoms with Crippen LogP contribution < -0.4 is 14.8 Å². The van der Waals surface area contributed by atoms with E-state index in [-0.39, 0.29) is 22.3 Å². The number of ether oxygens (including phenoxy) is 3. The summed E-state index contributed by atoms with van der Waals surface area (Å²) >= 11 is 0. The second kappa shape index (κ2) is 16.6. The topological polar surface area (TPSA) is 107 Å². The van der Waals surface area contributed by atoms with Crippen LogP contribution in [0.25, 0.3) is 0 Å². The zero-order chi connectivity index (χ0) is 32.0. The Morgan fingerprint density at radius 2 is 1.43 bits per heavy atom. The van der Waals surface area contributed by atoms with Crippen molar-refractivity contribution in [2.45, 2.75) is 52.6 Å². The van der Waals surface area contributed by atoms with E-state index in [1.807, 2.05) is 88.9 Å². The normalized spacial score (nSPS) is 13.9. The van der Waals surface area contributed by atoms with Gasteiger partial charge in [-0.2, -0.15) is 0 Å². The van der Waals surface area contributed by atoms with E-state index in [1.54, 1.807) is 34.6 Å². The third kappa shape index (κ3) is 13.7. The summed E-state index contributed by atoms with van der Waals surface area (Å²) in [6, 6.07) is 19.4. The third-order valence-electron chi connectivity index (χ3n) is 5.96. The van der Waals surface area contributed by atoms with Crippen LogP contribution in [0.3, 0.4) is 0 Å². The van der Waals surface area contributed by atoms with Gasteiger partial charge in [-0.3, -0.25) is 9.28 Å². The van der Waals surface area contributed by atoms with Crippen LogP contribution in [0.1, 0.15) is 41.5 Å². The smallest absolute Gasteiger partial charge is 0.340 e. The van der Waals surface area contributed by atoms with Gasteiger partial charge in [0.1, 0.15) is 36.8 Å². The summed E-state index contributed by atoms with van der Waals surface area (Å²) in [7, 11) is 7.71. The van der Waals surface area contributed by atoms with Gasteiger partial charge < -0.3 is 24.4 Å². The third-order valence-corrected chi connectivity index (χ3v) is 5.96. The van der Waals surface area contributed by atoms with Crippen LogP contribution in [0.15, 0.2) is 65.7 Å². The van der Waals surface area contributed by atoms with Gasteiger partial charge in [0.2, 0.25) is 5.91 Å². The lowest BCUT2D eigenvalue weighted by Gasteiger charge is -2.34. The summed E-state index contributed by atoms with van der Waals surface area (Å²) in [4.78, 5) is 40.6. The molecule has 1 aliphatic heterocycles. The Morgan fingerprint density at radius 3 is 1.79 bits per heavy atom. The number of nitrogens with zero attached hydrogens (tertiary/aromatic N) is 3. The molecule has 2 aromatic rings. The number of amides is 2. The molecule has 3 rings (SSSR count). The van der Waals surface area contributed by atoms with Crippen molar-refractivity contribution in [2.75, 3.05) is 54.5 Å². The van der Waals surface area contributed by atoms with Crippen molar-refractivity contribution in [3.05, 3.63) is 60.7 Å². The molecule has 0 fully saturated rings. The van der Waals surface area contributed by atoms with Crippen molar-refractivity contribution in [3.63, 3.8) is 0 Å². The lowest BCUT2D eigenvalue weighted by atomic mass is 10.0. The predicted molar refractivity (Wildman–Crippen MR) is 166 cm³/mol. The number of hydrogen-bond acceptors (Lipinski definition) is 8. The van der Waals surface area contributed by atoms with E-state index in [0.29, 0.717) is 19.0 Å². The Bertz CT molecular complexity index is 1160. The van der Waals surface area contributed by atoms with E-state index in [2.05, 4.69) is 19.9 Å². The molecule has 10 nitrogen and oxygen atoms in total. The number of hydrogen-bond donors (Lipinski definition) is 1. The minimum atomic E-state index is -0.901. The summed E-state index contributed by atoms with van der Waals surface area (Å²) in [5.74, 6) is 1.65. The fourth-order valence-electron chi connectivity index (χ4n) is 3.84. The summed E-state index contributed by atoms with van der Waals surface area (Å²) in [6.45, 7) is 12.6. The van der Waals surface area contributed by atoms with Gasteiger partial charge in [-0.05, 0) is 66.1 Å². The molecule has 0 unspecified atom stereocenters. The number of esters is 1. The molecule has 1 aliphatic rings. The molecule has 10 heteroatoms. The van der Waals surface area contributed by atoms with Gasteiger partial charge in [-0.1, -0.05) is 36.4 Å². The van der Waals surface area contributed by atoms with Gasteiger partial charge in [0.05, 0.1) is 14.1 Å². The highest BCUT2D eigenvalue weighted by Crippen LogP contribution is 2.18. The Labute approximate surface area is 251 Å². The van der Waals surface area contributed by atoms with Crippen LogP contribution in [-0.4, -0.2) is 98.6 Å². The first-order valence-electron chi connectivity index (χ1n) is 13.9. The summed E-state index contributed by atoms with van der Waals surface area (Å²) in [6.07, 6.45) is 0. The van der Waals surface area contributed by atoms with Crippen molar-refractivity contribution < 1.29 is 33.1 Å². The maximum atomic E-state index is 12.6. The summed E-state index contributed by atoms with van der Waals surface area (Å²) in [5.41, 5.74) is -1.55. The number of rotatable bonds is 10. The summed E-state index contributed by atoms with van der Waals surface area (Å²) < 4.78 is 15.9. The predicted octanol–water partition coefficient (Wildman–Crippen LogP) is 3.95. The Kier molecular flexibility index (Phi) is 14.4. The Hall–Kier alpha value is -3.76. The van der Waals surface area contributed by atoms with Gasteiger partial charge in [-0.15, -0.1) is 0 Å². The highest BCUT2D eigenvalue weighted by atomic mass is 16.6. The molecular weight excluding hydrogens is 536 g/mol. The molecular formula is C32H49N4O6+. The molecule has 42 heavy (non-hydrogen) atoms. The number of carbonyl (C=O) groups is 3. The van der Waals surface area contributed by atoms with Crippen LogP contribution >= 0.6 is 0 Å². The van der Waals surface area contributed by atoms with E-state index in [4.69, 9.17) is 9.47 Å². The highest BCUT2D eigenvalue weighted by Gasteiger charge is 2.41. The van der Waals surface area contributed by atoms with Crippen molar-refractivity contribution in [1.82, 2.24) is 10.2 Å². The molecule has 0 spiro atoms. The van der Waals surface area contributed by atoms with Gasteiger partial charge in [-0.25, -0.2) is 14.6 Å². The Balaban J connectivity index is 0.000000351. The van der Waals surface area contributed by atoms with Gasteiger partial charge in [0, 0.05) is 20.4 Å². The Morgan fingerprint density at radius 1 is 0.952 bits per heavy atom. The minimum Gasteiger partial charge on any atom is -0.492 e.